The van der Waals surface area contributed by atoms with E-state index in [1.54, 1.807) is 12.2 Å². The fourth-order valence-electron chi connectivity index (χ4n) is 2.13. The van der Waals surface area contributed by atoms with E-state index in [1.807, 2.05) is 24.3 Å². The molecule has 6 heteroatoms. The van der Waals surface area contributed by atoms with Gasteiger partial charge in [-0.3, -0.25) is 9.59 Å². The van der Waals surface area contributed by atoms with Crippen molar-refractivity contribution in [2.24, 2.45) is 5.92 Å². The molecule has 0 radical (unpaired) electrons. The number of aliphatic carboxylic acids is 1. The van der Waals surface area contributed by atoms with Gasteiger partial charge in [-0.25, -0.2) is 0 Å². The molecule has 0 aliphatic heterocycles. The van der Waals surface area contributed by atoms with Crippen LogP contribution < -0.4 is 5.32 Å². The molecule has 21 heavy (non-hydrogen) atoms. The number of carbonyl (C=O) groups is 2. The summed E-state index contributed by atoms with van der Waals surface area (Å²) in [5, 5.41) is 12.4. The Bertz CT molecular complexity index is 562. The van der Waals surface area contributed by atoms with Crippen LogP contribution in [0.1, 0.15) is 12.0 Å². The second kappa shape index (κ2) is 7.52. The third-order valence-corrected chi connectivity index (χ3v) is 4.38. The third kappa shape index (κ3) is 5.10. The first-order valence-electron chi connectivity index (χ1n) is 6.57. The summed E-state index contributed by atoms with van der Waals surface area (Å²) in [6.07, 6.45) is 3.81. The van der Waals surface area contributed by atoms with Crippen molar-refractivity contribution in [1.82, 2.24) is 5.32 Å². The van der Waals surface area contributed by atoms with Crippen molar-refractivity contribution in [3.63, 3.8) is 0 Å². The maximum atomic E-state index is 11.8. The van der Waals surface area contributed by atoms with Crippen molar-refractivity contribution in [2.45, 2.75) is 18.2 Å². The van der Waals surface area contributed by atoms with E-state index >= 15 is 0 Å². The summed E-state index contributed by atoms with van der Waals surface area (Å²) in [5.74, 6) is -0.364. The monoisotopic (exact) mass is 325 g/mol. The molecule has 1 aromatic rings. The van der Waals surface area contributed by atoms with E-state index in [0.717, 1.165) is 5.56 Å². The summed E-state index contributed by atoms with van der Waals surface area (Å²) in [4.78, 5) is 22.6. The highest BCUT2D eigenvalue weighted by molar-refractivity contribution is 7.99. The van der Waals surface area contributed by atoms with Crippen LogP contribution in [0, 0.1) is 5.92 Å². The molecule has 2 N–H and O–H groups in total. The summed E-state index contributed by atoms with van der Waals surface area (Å²) in [6, 6.07) is 7.37. The smallest absolute Gasteiger partial charge is 0.310 e. The van der Waals surface area contributed by atoms with Gasteiger partial charge >= 0.3 is 5.97 Å². The number of carbonyl (C=O) groups excluding carboxylic acids is 1. The Balaban J connectivity index is 1.69. The predicted molar refractivity (Wildman–Crippen MR) is 84.4 cm³/mol. The molecule has 2 atom stereocenters. The molecule has 0 bridgehead atoms. The minimum Gasteiger partial charge on any atom is -0.481 e. The summed E-state index contributed by atoms with van der Waals surface area (Å²) < 4.78 is 0. The lowest BCUT2D eigenvalue weighted by molar-refractivity contribution is -0.140. The van der Waals surface area contributed by atoms with Gasteiger partial charge in [0.1, 0.15) is 0 Å². The zero-order chi connectivity index (χ0) is 15.2. The highest BCUT2D eigenvalue weighted by Crippen LogP contribution is 2.19. The van der Waals surface area contributed by atoms with Crippen LogP contribution in [0.15, 0.2) is 36.4 Å². The van der Waals surface area contributed by atoms with E-state index in [1.165, 1.54) is 11.8 Å². The summed E-state index contributed by atoms with van der Waals surface area (Å²) in [5.41, 5.74) is 1.08. The van der Waals surface area contributed by atoms with E-state index in [0.29, 0.717) is 22.9 Å². The van der Waals surface area contributed by atoms with Crippen molar-refractivity contribution >= 4 is 35.2 Å². The number of nitrogens with one attached hydrogen (secondary N) is 1. The quantitative estimate of drug-likeness (QED) is 0.789. The van der Waals surface area contributed by atoms with Gasteiger partial charge in [0.2, 0.25) is 5.91 Å². The van der Waals surface area contributed by atoms with Gasteiger partial charge in [0.25, 0.3) is 0 Å². The van der Waals surface area contributed by atoms with E-state index in [9.17, 15) is 9.59 Å². The maximum absolute atomic E-state index is 11.8. The zero-order valence-electron chi connectivity index (χ0n) is 11.3. The van der Waals surface area contributed by atoms with Gasteiger partial charge in [0, 0.05) is 16.8 Å². The second-order valence-electron chi connectivity index (χ2n) is 4.86. The molecule has 1 aliphatic carbocycles. The molecule has 0 saturated carbocycles. The number of halogens is 1. The first kappa shape index (κ1) is 15.9. The standard InChI is InChI=1S/C15H16ClNO3S/c16-12-3-1-2-10(6-12)8-21-9-14(18)17-13-5-4-11(7-13)15(19)20/h1-6,11,13H,7-9H2,(H,17,18)(H,19,20). The fraction of sp³-hybridized carbons (Fsp3) is 0.333. The van der Waals surface area contributed by atoms with Gasteiger partial charge < -0.3 is 10.4 Å². The first-order chi connectivity index (χ1) is 10.0. The van der Waals surface area contributed by atoms with Gasteiger partial charge in [-0.15, -0.1) is 11.8 Å². The number of benzene rings is 1. The lowest BCUT2D eigenvalue weighted by Gasteiger charge is -2.12. The Morgan fingerprint density at radius 3 is 2.86 bits per heavy atom. The van der Waals surface area contributed by atoms with Gasteiger partial charge in [0.15, 0.2) is 0 Å². The number of carboxylic acid groups (broad SMARTS) is 1. The Morgan fingerprint density at radius 1 is 1.38 bits per heavy atom. The molecule has 0 heterocycles. The predicted octanol–water partition coefficient (Wildman–Crippen LogP) is 2.72. The molecule has 0 spiro atoms. The molecule has 112 valence electrons. The van der Waals surface area contributed by atoms with Gasteiger partial charge in [-0.05, 0) is 24.1 Å². The topological polar surface area (TPSA) is 66.4 Å². The number of thioether (sulfide) groups is 1. The van der Waals surface area contributed by atoms with E-state index in [4.69, 9.17) is 16.7 Å². The number of hydrogen-bond donors (Lipinski definition) is 2. The molecule has 1 aliphatic rings. The summed E-state index contributed by atoms with van der Waals surface area (Å²) >= 11 is 7.40. The van der Waals surface area contributed by atoms with E-state index in [-0.39, 0.29) is 11.9 Å². The molecule has 0 aromatic heterocycles. The number of rotatable bonds is 6. The van der Waals surface area contributed by atoms with Crippen LogP contribution in [0.4, 0.5) is 0 Å². The van der Waals surface area contributed by atoms with Crippen LogP contribution in [0.3, 0.4) is 0 Å². The molecule has 2 rings (SSSR count). The maximum Gasteiger partial charge on any atom is 0.310 e. The number of carboxylic acids is 1. The number of hydrogen-bond acceptors (Lipinski definition) is 3. The highest BCUT2D eigenvalue weighted by atomic mass is 35.5. The van der Waals surface area contributed by atoms with Crippen LogP contribution in [0.5, 0.6) is 0 Å². The van der Waals surface area contributed by atoms with Gasteiger partial charge in [-0.1, -0.05) is 35.9 Å². The van der Waals surface area contributed by atoms with Crippen LogP contribution in [-0.2, 0) is 15.3 Å². The van der Waals surface area contributed by atoms with Crippen molar-refractivity contribution in [3.8, 4) is 0 Å². The first-order valence-corrected chi connectivity index (χ1v) is 8.10. The van der Waals surface area contributed by atoms with E-state index < -0.39 is 11.9 Å². The highest BCUT2D eigenvalue weighted by Gasteiger charge is 2.25. The summed E-state index contributed by atoms with van der Waals surface area (Å²) in [7, 11) is 0. The second-order valence-corrected chi connectivity index (χ2v) is 6.28. The average molecular weight is 326 g/mol. The van der Waals surface area contributed by atoms with Crippen LogP contribution in [0.2, 0.25) is 5.02 Å². The lowest BCUT2D eigenvalue weighted by atomic mass is 10.1. The zero-order valence-corrected chi connectivity index (χ0v) is 12.9. The van der Waals surface area contributed by atoms with Gasteiger partial charge in [0.05, 0.1) is 11.7 Å². The molecule has 0 saturated heterocycles. The third-order valence-electron chi connectivity index (χ3n) is 3.14. The van der Waals surface area contributed by atoms with Crippen molar-refractivity contribution in [2.75, 3.05) is 5.75 Å². The summed E-state index contributed by atoms with van der Waals surface area (Å²) in [6.45, 7) is 0. The minimum atomic E-state index is -0.849. The van der Waals surface area contributed by atoms with Gasteiger partial charge in [-0.2, -0.15) is 0 Å². The Hall–Kier alpha value is -1.46. The van der Waals surface area contributed by atoms with E-state index in [2.05, 4.69) is 5.32 Å². The molecule has 2 unspecified atom stereocenters. The van der Waals surface area contributed by atoms with Crippen molar-refractivity contribution < 1.29 is 14.7 Å². The molecular weight excluding hydrogens is 310 g/mol. The number of amides is 1. The minimum absolute atomic E-state index is 0.0808. The fourth-order valence-corrected chi connectivity index (χ4v) is 3.12. The SMILES string of the molecule is O=C(CSCc1cccc(Cl)c1)NC1C=CC(C(=O)O)C1. The lowest BCUT2D eigenvalue weighted by Crippen LogP contribution is -2.34. The normalized spacial score (nSPS) is 20.4. The van der Waals surface area contributed by atoms with Crippen molar-refractivity contribution in [3.05, 3.63) is 47.0 Å². The Kier molecular flexibility index (Phi) is 5.70. The molecule has 0 fully saturated rings. The van der Waals surface area contributed by atoms with Crippen LogP contribution >= 0.6 is 23.4 Å². The average Bonchev–Trinajstić information content (AvgIpc) is 2.87. The molecule has 1 amide bonds. The Morgan fingerprint density at radius 2 is 2.19 bits per heavy atom. The molecule has 1 aromatic carbocycles. The van der Waals surface area contributed by atoms with Crippen molar-refractivity contribution in [1.29, 1.82) is 0 Å². The molecule has 4 nitrogen and oxygen atoms in total. The van der Waals surface area contributed by atoms with Crippen LogP contribution in [-0.4, -0.2) is 28.8 Å². The largest absolute Gasteiger partial charge is 0.481 e. The van der Waals surface area contributed by atoms with Crippen LogP contribution in [0.25, 0.3) is 0 Å². The molecular formula is C15H16ClNO3S. The Labute approximate surface area is 132 Å².